The normalized spacial score (nSPS) is 23.6. The number of carbonyl (C=O) groups excluding carboxylic acids is 2. The van der Waals surface area contributed by atoms with Crippen LogP contribution >= 0.6 is 0 Å². The molecule has 173 valence electrons. The van der Waals surface area contributed by atoms with Crippen LogP contribution in [0.15, 0.2) is 24.3 Å². The number of rotatable bonds is 9. The van der Waals surface area contributed by atoms with Crippen molar-refractivity contribution in [3.63, 3.8) is 0 Å². The number of aliphatic hydroxyl groups excluding tert-OH is 1. The van der Waals surface area contributed by atoms with Crippen LogP contribution in [0.1, 0.15) is 37.7 Å². The summed E-state index contributed by atoms with van der Waals surface area (Å²) in [6.45, 7) is 0. The first kappa shape index (κ1) is 24.9. The molecule has 11 heteroatoms. The third-order valence-electron chi connectivity index (χ3n) is 5.61. The number of aliphatic hydroxyl groups is 2. The van der Waals surface area contributed by atoms with E-state index in [9.17, 15) is 33.0 Å². The van der Waals surface area contributed by atoms with Gasteiger partial charge >= 0.3 is 6.36 Å². The molecule has 2 atom stereocenters. The number of halogens is 3. The molecular formula is C20H26F3N2O6. The molecule has 0 bridgehead atoms. The Morgan fingerprint density at radius 2 is 1.90 bits per heavy atom. The molecule has 6 N–H and O–H groups in total. The van der Waals surface area contributed by atoms with E-state index in [1.807, 2.05) is 0 Å². The van der Waals surface area contributed by atoms with E-state index in [1.54, 1.807) is 0 Å². The Balaban J connectivity index is 2.03. The van der Waals surface area contributed by atoms with E-state index in [4.69, 9.17) is 10.9 Å². The van der Waals surface area contributed by atoms with Crippen LogP contribution in [-0.4, -0.2) is 45.3 Å². The Morgan fingerprint density at radius 1 is 1.29 bits per heavy atom. The van der Waals surface area contributed by atoms with Gasteiger partial charge in [-0.15, -0.1) is 13.2 Å². The summed E-state index contributed by atoms with van der Waals surface area (Å²) in [5.41, 5.74) is 5.34. The predicted octanol–water partition coefficient (Wildman–Crippen LogP) is 1.61. The number of ether oxygens (including phenoxy) is 1. The number of carbonyl (C=O) groups is 2. The maximum absolute atomic E-state index is 12.5. The molecule has 2 unspecified atom stereocenters. The highest BCUT2D eigenvalue weighted by Crippen LogP contribution is 2.39. The number of hydroxylamine groups is 1. The van der Waals surface area contributed by atoms with Gasteiger partial charge < -0.3 is 20.7 Å². The summed E-state index contributed by atoms with van der Waals surface area (Å²) in [6, 6.07) is 5.44. The summed E-state index contributed by atoms with van der Waals surface area (Å²) in [6.07, 6.45) is -4.61. The van der Waals surface area contributed by atoms with Gasteiger partial charge in [0.15, 0.2) is 0 Å². The molecule has 1 aliphatic carbocycles. The highest BCUT2D eigenvalue weighted by atomic mass is 19.4. The second-order valence-electron chi connectivity index (χ2n) is 7.71. The van der Waals surface area contributed by atoms with Crippen LogP contribution in [0.2, 0.25) is 0 Å². The van der Waals surface area contributed by atoms with Gasteiger partial charge in [-0.05, 0) is 56.6 Å². The van der Waals surface area contributed by atoms with Crippen molar-refractivity contribution >= 4 is 11.8 Å². The fraction of sp³-hybridized carbons (Fsp3) is 0.550. The zero-order chi connectivity index (χ0) is 23.2. The molecule has 0 aromatic heterocycles. The second-order valence-corrected chi connectivity index (χ2v) is 7.71. The number of para-hydroxylation sites is 1. The number of nitrogens with one attached hydrogen (secondary N) is 1. The lowest BCUT2D eigenvalue weighted by atomic mass is 9.70. The SMILES string of the molecule is NC(=O)C1CCC(O)(C(CC(O)[CH]Cc2ccccc2OC(F)(F)F)C(=O)NO)CC1. The van der Waals surface area contributed by atoms with Crippen LogP contribution < -0.4 is 16.0 Å². The minimum absolute atomic E-state index is 0.0632. The van der Waals surface area contributed by atoms with Crippen molar-refractivity contribution in [2.45, 2.75) is 56.6 Å². The minimum atomic E-state index is -4.87. The topological polar surface area (TPSA) is 142 Å². The molecule has 1 saturated carbocycles. The number of amides is 2. The molecule has 2 amide bonds. The lowest BCUT2D eigenvalue weighted by molar-refractivity contribution is -0.274. The number of hydrogen-bond donors (Lipinski definition) is 5. The summed E-state index contributed by atoms with van der Waals surface area (Å²) in [4.78, 5) is 23.5. The first-order valence-corrected chi connectivity index (χ1v) is 9.76. The summed E-state index contributed by atoms with van der Waals surface area (Å²) in [7, 11) is 0. The quantitative estimate of drug-likeness (QED) is 0.288. The second kappa shape index (κ2) is 10.3. The van der Waals surface area contributed by atoms with E-state index in [0.717, 1.165) is 6.07 Å². The van der Waals surface area contributed by atoms with Gasteiger partial charge in [-0.3, -0.25) is 14.8 Å². The zero-order valence-electron chi connectivity index (χ0n) is 16.6. The average Bonchev–Trinajstić information content (AvgIpc) is 2.70. The number of primary amides is 1. The van der Waals surface area contributed by atoms with Crippen molar-refractivity contribution in [2.75, 3.05) is 0 Å². The highest BCUT2D eigenvalue weighted by Gasteiger charge is 2.45. The maximum atomic E-state index is 12.5. The van der Waals surface area contributed by atoms with E-state index in [0.29, 0.717) is 0 Å². The average molecular weight is 447 g/mol. The first-order valence-electron chi connectivity index (χ1n) is 9.76. The van der Waals surface area contributed by atoms with E-state index in [1.165, 1.54) is 30.1 Å². The lowest BCUT2D eigenvalue weighted by Crippen LogP contribution is -2.50. The van der Waals surface area contributed by atoms with Gasteiger partial charge in [0.05, 0.1) is 17.6 Å². The fourth-order valence-corrected chi connectivity index (χ4v) is 3.90. The van der Waals surface area contributed by atoms with Gasteiger partial charge in [0, 0.05) is 5.92 Å². The molecular weight excluding hydrogens is 421 g/mol. The van der Waals surface area contributed by atoms with Crippen molar-refractivity contribution in [3.05, 3.63) is 36.2 Å². The van der Waals surface area contributed by atoms with Crippen molar-refractivity contribution < 1.29 is 42.9 Å². The molecule has 31 heavy (non-hydrogen) atoms. The largest absolute Gasteiger partial charge is 0.573 e. The van der Waals surface area contributed by atoms with Crippen molar-refractivity contribution in [3.8, 4) is 5.75 Å². The monoisotopic (exact) mass is 447 g/mol. The molecule has 0 spiro atoms. The minimum Gasteiger partial charge on any atom is -0.406 e. The van der Waals surface area contributed by atoms with Crippen LogP contribution in [0, 0.1) is 18.3 Å². The van der Waals surface area contributed by atoms with E-state index in [-0.39, 0.29) is 44.1 Å². The Morgan fingerprint density at radius 3 is 2.45 bits per heavy atom. The van der Waals surface area contributed by atoms with Gasteiger partial charge in [-0.2, -0.15) is 0 Å². The predicted molar refractivity (Wildman–Crippen MR) is 101 cm³/mol. The summed E-state index contributed by atoms with van der Waals surface area (Å²) in [5, 5.41) is 30.4. The smallest absolute Gasteiger partial charge is 0.406 e. The van der Waals surface area contributed by atoms with E-state index < -0.39 is 47.5 Å². The molecule has 1 aromatic rings. The third kappa shape index (κ3) is 7.08. The van der Waals surface area contributed by atoms with Gasteiger partial charge in [0.2, 0.25) is 11.8 Å². The fourth-order valence-electron chi connectivity index (χ4n) is 3.90. The van der Waals surface area contributed by atoms with Crippen LogP contribution in [0.25, 0.3) is 0 Å². The van der Waals surface area contributed by atoms with Crippen molar-refractivity contribution in [1.82, 2.24) is 5.48 Å². The number of benzene rings is 1. The molecule has 0 aliphatic heterocycles. The van der Waals surface area contributed by atoms with Crippen LogP contribution in [-0.2, 0) is 16.0 Å². The standard InChI is InChI=1S/C20H26F3N2O6/c21-20(22,23)31-16-4-2-1-3-12(16)5-6-14(26)11-15(18(28)25-30)19(29)9-7-13(8-10-19)17(24)27/h1-4,6,13-15,26,29-30H,5,7-11H2,(H2,24,27)(H,25,28). The van der Waals surface area contributed by atoms with Gasteiger partial charge in [0.1, 0.15) is 5.75 Å². The third-order valence-corrected chi connectivity index (χ3v) is 5.61. The molecule has 1 radical (unpaired) electrons. The maximum Gasteiger partial charge on any atom is 0.573 e. The molecule has 0 heterocycles. The Kier molecular flexibility index (Phi) is 8.27. The lowest BCUT2D eigenvalue weighted by Gasteiger charge is -2.40. The summed E-state index contributed by atoms with van der Waals surface area (Å²) in [5.74, 6) is -3.46. The molecule has 1 aromatic carbocycles. The van der Waals surface area contributed by atoms with Crippen LogP contribution in [0.3, 0.4) is 0 Å². The first-order chi connectivity index (χ1) is 14.4. The van der Waals surface area contributed by atoms with Gasteiger partial charge in [-0.25, -0.2) is 5.48 Å². The molecule has 8 nitrogen and oxygen atoms in total. The Hall–Kier alpha value is -2.37. The highest BCUT2D eigenvalue weighted by molar-refractivity contribution is 5.79. The van der Waals surface area contributed by atoms with Crippen molar-refractivity contribution in [2.24, 2.45) is 17.6 Å². The summed E-state index contributed by atoms with van der Waals surface area (Å²) >= 11 is 0. The number of alkyl halides is 3. The van der Waals surface area contributed by atoms with E-state index >= 15 is 0 Å². The zero-order valence-corrected chi connectivity index (χ0v) is 16.6. The Labute approximate surface area is 177 Å². The summed E-state index contributed by atoms with van der Waals surface area (Å²) < 4.78 is 41.6. The molecule has 0 saturated heterocycles. The van der Waals surface area contributed by atoms with Crippen molar-refractivity contribution in [1.29, 1.82) is 0 Å². The molecule has 1 aliphatic rings. The molecule has 2 rings (SSSR count). The number of hydrogen-bond acceptors (Lipinski definition) is 6. The number of nitrogens with two attached hydrogens (primary N) is 1. The molecule has 1 fully saturated rings. The van der Waals surface area contributed by atoms with Gasteiger partial charge in [-0.1, -0.05) is 18.2 Å². The van der Waals surface area contributed by atoms with E-state index in [2.05, 4.69) is 4.74 Å². The van der Waals surface area contributed by atoms with Crippen LogP contribution in [0.5, 0.6) is 5.75 Å². The Bertz CT molecular complexity index is 766. The van der Waals surface area contributed by atoms with Crippen LogP contribution in [0.4, 0.5) is 13.2 Å². The van der Waals surface area contributed by atoms with Gasteiger partial charge in [0.25, 0.3) is 0 Å².